The topological polar surface area (TPSA) is 98.1 Å². The zero-order valence-electron chi connectivity index (χ0n) is 23.5. The minimum atomic E-state index is -0.301. The number of pyridine rings is 1. The molecule has 4 rings (SSSR count). The monoisotopic (exact) mass is 523 g/mol. The fourth-order valence-corrected chi connectivity index (χ4v) is 5.01. The van der Waals surface area contributed by atoms with Gasteiger partial charge in [0.2, 0.25) is 0 Å². The number of carbonyl (C=O) groups excluding carboxylic acids is 2. The van der Waals surface area contributed by atoms with Crippen LogP contribution in [0.4, 0.5) is 5.69 Å². The molecule has 39 heavy (non-hydrogen) atoms. The number of nitrogens with one attached hydrogen (secondary N) is 2. The fraction of sp³-hybridized carbons (Fsp3) is 0.375. The second-order valence-corrected chi connectivity index (χ2v) is 11.2. The predicted molar refractivity (Wildman–Crippen MR) is 155 cm³/mol. The quantitative estimate of drug-likeness (QED) is 0.414. The van der Waals surface area contributed by atoms with Crippen LogP contribution < -0.4 is 10.6 Å². The molecule has 0 saturated carbocycles. The van der Waals surface area contributed by atoms with Crippen molar-refractivity contribution in [3.8, 4) is 17.2 Å². The Bertz CT molecular complexity index is 1400. The van der Waals surface area contributed by atoms with Crippen LogP contribution in [-0.4, -0.2) is 47.4 Å². The van der Waals surface area contributed by atoms with E-state index in [0.717, 1.165) is 41.9 Å². The van der Waals surface area contributed by atoms with E-state index in [1.807, 2.05) is 70.2 Å². The molecule has 1 unspecified atom stereocenters. The standard InChI is InChI=1S/C32H37N5O2/c1-6-37-13-7-8-28(37)20-35-30(38)24-11-9-23(10-12-24)29-17-27(19-34-21(29)2)36-31(39)25-14-22(18-33)15-26(16-25)32(3,4)5/h9-12,14-17,19,28H,6-8,13,20H2,1-5H3,(H,35,38)(H,36,39). The van der Waals surface area contributed by atoms with E-state index < -0.39 is 0 Å². The van der Waals surface area contributed by atoms with Crippen LogP contribution >= 0.6 is 0 Å². The van der Waals surface area contributed by atoms with Crippen LogP contribution in [0, 0.1) is 18.3 Å². The number of amides is 2. The van der Waals surface area contributed by atoms with Crippen molar-refractivity contribution in [1.29, 1.82) is 5.26 Å². The molecule has 0 radical (unpaired) electrons. The predicted octanol–water partition coefficient (Wildman–Crippen LogP) is 5.69. The van der Waals surface area contributed by atoms with Crippen molar-refractivity contribution in [2.45, 2.75) is 58.9 Å². The normalized spacial score (nSPS) is 15.5. The summed E-state index contributed by atoms with van der Waals surface area (Å²) in [4.78, 5) is 32.8. The van der Waals surface area contributed by atoms with Crippen LogP contribution in [0.5, 0.6) is 0 Å². The summed E-state index contributed by atoms with van der Waals surface area (Å²) in [6.45, 7) is 13.0. The average molecular weight is 524 g/mol. The molecular formula is C32H37N5O2. The number of likely N-dealkylation sites (tertiary alicyclic amines) is 1. The number of hydrogen-bond acceptors (Lipinski definition) is 5. The second kappa shape index (κ2) is 11.8. The number of aromatic nitrogens is 1. The lowest BCUT2D eigenvalue weighted by molar-refractivity contribution is 0.0940. The first-order valence-corrected chi connectivity index (χ1v) is 13.6. The van der Waals surface area contributed by atoms with Crippen LogP contribution in [0.1, 0.15) is 78.1 Å². The van der Waals surface area contributed by atoms with E-state index in [1.165, 1.54) is 6.42 Å². The Morgan fingerprint density at radius 2 is 1.82 bits per heavy atom. The van der Waals surface area contributed by atoms with Gasteiger partial charge in [0.25, 0.3) is 11.8 Å². The number of likely N-dealkylation sites (N-methyl/N-ethyl adjacent to an activating group) is 1. The summed E-state index contributed by atoms with van der Waals surface area (Å²) in [5, 5.41) is 15.5. The van der Waals surface area contributed by atoms with E-state index in [9.17, 15) is 14.9 Å². The van der Waals surface area contributed by atoms with Crippen molar-refractivity contribution in [3.05, 3.63) is 82.7 Å². The number of nitrogens with zero attached hydrogens (tertiary/aromatic N) is 3. The van der Waals surface area contributed by atoms with Gasteiger partial charge >= 0.3 is 0 Å². The molecule has 3 aromatic rings. The Hall–Kier alpha value is -4.02. The summed E-state index contributed by atoms with van der Waals surface area (Å²) in [5.74, 6) is -0.375. The van der Waals surface area contributed by atoms with Crippen molar-refractivity contribution in [2.75, 3.05) is 25.0 Å². The highest BCUT2D eigenvalue weighted by Crippen LogP contribution is 2.27. The van der Waals surface area contributed by atoms with Crippen LogP contribution in [0.15, 0.2) is 54.7 Å². The molecule has 0 bridgehead atoms. The van der Waals surface area contributed by atoms with Gasteiger partial charge in [-0.3, -0.25) is 19.5 Å². The molecule has 0 aliphatic carbocycles. The number of carbonyl (C=O) groups is 2. The third-order valence-electron chi connectivity index (χ3n) is 7.40. The van der Waals surface area contributed by atoms with Gasteiger partial charge in [0.1, 0.15) is 0 Å². The molecule has 202 valence electrons. The molecule has 1 atom stereocenters. The van der Waals surface area contributed by atoms with E-state index in [1.54, 1.807) is 12.3 Å². The van der Waals surface area contributed by atoms with Crippen LogP contribution in [0.3, 0.4) is 0 Å². The van der Waals surface area contributed by atoms with E-state index >= 15 is 0 Å². The fourth-order valence-electron chi connectivity index (χ4n) is 5.01. The number of anilines is 1. The zero-order chi connectivity index (χ0) is 28.2. The van der Waals surface area contributed by atoms with Crippen molar-refractivity contribution >= 4 is 17.5 Å². The van der Waals surface area contributed by atoms with E-state index in [0.29, 0.717) is 35.0 Å². The smallest absolute Gasteiger partial charge is 0.255 e. The first-order chi connectivity index (χ1) is 18.6. The highest BCUT2D eigenvalue weighted by Gasteiger charge is 2.23. The largest absolute Gasteiger partial charge is 0.350 e. The summed E-state index contributed by atoms with van der Waals surface area (Å²) in [7, 11) is 0. The first-order valence-electron chi connectivity index (χ1n) is 13.6. The maximum atomic E-state index is 13.1. The molecule has 2 heterocycles. The van der Waals surface area contributed by atoms with Gasteiger partial charge in [-0.15, -0.1) is 0 Å². The molecule has 1 aliphatic rings. The highest BCUT2D eigenvalue weighted by molar-refractivity contribution is 6.05. The Kier molecular flexibility index (Phi) is 8.47. The van der Waals surface area contributed by atoms with Gasteiger partial charge in [-0.1, -0.05) is 39.8 Å². The molecule has 1 saturated heterocycles. The van der Waals surface area contributed by atoms with Crippen LogP contribution in [-0.2, 0) is 5.41 Å². The van der Waals surface area contributed by atoms with Crippen LogP contribution in [0.25, 0.3) is 11.1 Å². The average Bonchev–Trinajstić information content (AvgIpc) is 3.39. The Morgan fingerprint density at radius 1 is 1.08 bits per heavy atom. The van der Waals surface area contributed by atoms with Crippen molar-refractivity contribution in [1.82, 2.24) is 15.2 Å². The highest BCUT2D eigenvalue weighted by atomic mass is 16.2. The van der Waals surface area contributed by atoms with Crippen molar-refractivity contribution in [2.24, 2.45) is 0 Å². The zero-order valence-corrected chi connectivity index (χ0v) is 23.5. The van der Waals surface area contributed by atoms with E-state index in [2.05, 4.69) is 33.5 Å². The van der Waals surface area contributed by atoms with Gasteiger partial charge in [-0.25, -0.2) is 0 Å². The lowest BCUT2D eigenvalue weighted by Crippen LogP contribution is -2.40. The molecule has 2 N–H and O–H groups in total. The maximum Gasteiger partial charge on any atom is 0.255 e. The third kappa shape index (κ3) is 6.71. The second-order valence-electron chi connectivity index (χ2n) is 11.2. The Labute approximate surface area is 231 Å². The minimum absolute atomic E-state index is 0.0745. The van der Waals surface area contributed by atoms with E-state index in [-0.39, 0.29) is 17.2 Å². The van der Waals surface area contributed by atoms with Crippen molar-refractivity contribution in [3.63, 3.8) is 0 Å². The minimum Gasteiger partial charge on any atom is -0.350 e. The van der Waals surface area contributed by atoms with Crippen molar-refractivity contribution < 1.29 is 9.59 Å². The molecule has 1 fully saturated rings. The molecule has 2 amide bonds. The van der Waals surface area contributed by atoms with E-state index in [4.69, 9.17) is 0 Å². The third-order valence-corrected chi connectivity index (χ3v) is 7.40. The van der Waals surface area contributed by atoms with Gasteiger partial charge in [0, 0.05) is 35.0 Å². The molecule has 2 aromatic carbocycles. The number of rotatable bonds is 7. The summed E-state index contributed by atoms with van der Waals surface area (Å²) >= 11 is 0. The Morgan fingerprint density at radius 3 is 2.49 bits per heavy atom. The summed E-state index contributed by atoms with van der Waals surface area (Å²) < 4.78 is 0. The molecule has 1 aliphatic heterocycles. The molecule has 0 spiro atoms. The number of aryl methyl sites for hydroxylation is 1. The van der Waals surface area contributed by atoms with Gasteiger partial charge in [-0.2, -0.15) is 5.26 Å². The summed E-state index contributed by atoms with van der Waals surface area (Å²) in [6.07, 6.45) is 3.92. The van der Waals surface area contributed by atoms with Gasteiger partial charge in [0.05, 0.1) is 23.5 Å². The number of nitriles is 1. The lowest BCUT2D eigenvalue weighted by Gasteiger charge is -2.22. The Balaban J connectivity index is 1.48. The summed E-state index contributed by atoms with van der Waals surface area (Å²) in [6, 6.07) is 17.2. The van der Waals surface area contributed by atoms with Gasteiger partial charge in [-0.05, 0) is 85.8 Å². The molecular weight excluding hydrogens is 486 g/mol. The van der Waals surface area contributed by atoms with Gasteiger partial charge < -0.3 is 10.6 Å². The number of hydrogen-bond donors (Lipinski definition) is 2. The SMILES string of the molecule is CCN1CCCC1CNC(=O)c1ccc(-c2cc(NC(=O)c3cc(C#N)cc(C(C)(C)C)c3)cnc2C)cc1. The van der Waals surface area contributed by atoms with Crippen LogP contribution in [0.2, 0.25) is 0 Å². The summed E-state index contributed by atoms with van der Waals surface area (Å²) in [5.41, 5.74) is 5.35. The van der Waals surface area contributed by atoms with Gasteiger partial charge in [0.15, 0.2) is 0 Å². The molecule has 1 aromatic heterocycles. The number of benzene rings is 2. The first kappa shape index (κ1) is 28.0. The molecule has 7 nitrogen and oxygen atoms in total. The molecule has 7 heteroatoms. The maximum absolute atomic E-state index is 13.1. The lowest BCUT2D eigenvalue weighted by atomic mass is 9.85.